The molecule has 0 radical (unpaired) electrons. The summed E-state index contributed by atoms with van der Waals surface area (Å²) in [6, 6.07) is 13.9. The fourth-order valence-electron chi connectivity index (χ4n) is 5.50. The van der Waals surface area contributed by atoms with Crippen molar-refractivity contribution in [1.29, 1.82) is 0 Å². The lowest BCUT2D eigenvalue weighted by Crippen LogP contribution is -2.54. The highest BCUT2D eigenvalue weighted by Crippen LogP contribution is 2.44. The number of rotatable bonds is 22. The maximum Gasteiger partial charge on any atom is 0.407 e. The van der Waals surface area contributed by atoms with E-state index >= 15 is 0 Å². The Morgan fingerprint density at radius 3 is 1.86 bits per heavy atom. The van der Waals surface area contributed by atoms with Gasteiger partial charge in [-0.2, -0.15) is 0 Å². The van der Waals surface area contributed by atoms with Crippen molar-refractivity contribution in [2.45, 2.75) is 71.1 Å². The monoisotopic (exact) mass is 713 g/mol. The van der Waals surface area contributed by atoms with Gasteiger partial charge in [0.1, 0.15) is 24.3 Å². The zero-order chi connectivity index (χ0) is 37.2. The molecule has 2 aromatic carbocycles. The molecule has 3 rings (SSSR count). The lowest BCUT2D eigenvalue weighted by Gasteiger charge is -2.27. The van der Waals surface area contributed by atoms with E-state index in [1.807, 2.05) is 36.4 Å². The van der Waals surface area contributed by atoms with E-state index in [0.717, 1.165) is 22.3 Å². The van der Waals surface area contributed by atoms with Crippen LogP contribution in [0.5, 0.6) is 0 Å². The summed E-state index contributed by atoms with van der Waals surface area (Å²) in [6.45, 7) is 12.1. The van der Waals surface area contributed by atoms with Crippen molar-refractivity contribution in [1.82, 2.24) is 16.0 Å². The largest absolute Gasteiger partial charge is 0.458 e. The predicted molar refractivity (Wildman–Crippen MR) is 191 cm³/mol. The van der Waals surface area contributed by atoms with Crippen LogP contribution in [0, 0.1) is 5.92 Å². The lowest BCUT2D eigenvalue weighted by molar-refractivity contribution is -0.159. The van der Waals surface area contributed by atoms with Crippen molar-refractivity contribution < 1.29 is 47.6 Å². The third-order valence-corrected chi connectivity index (χ3v) is 7.98. The number of methoxy groups -OCH3 is 1. The SMILES string of the molecule is COCCOCCOCCOCCNC(=O)CC[C@H](NC(=O)[C@@H](NC(=O)OCC1c2ccccc2-c2ccccc21)C(C)C)C(=O)OC(C)(C)C. The minimum absolute atomic E-state index is 0.0105. The molecular formula is C38H55N3O10. The maximum atomic E-state index is 13.5. The van der Waals surface area contributed by atoms with E-state index < -0.39 is 35.7 Å². The summed E-state index contributed by atoms with van der Waals surface area (Å²) in [4.78, 5) is 52.3. The second-order valence-corrected chi connectivity index (χ2v) is 13.5. The molecule has 0 unspecified atom stereocenters. The molecule has 0 heterocycles. The highest BCUT2D eigenvalue weighted by molar-refractivity contribution is 5.90. The van der Waals surface area contributed by atoms with Gasteiger partial charge in [-0.15, -0.1) is 0 Å². The summed E-state index contributed by atoms with van der Waals surface area (Å²) in [5, 5.41) is 8.13. The first-order valence-corrected chi connectivity index (χ1v) is 17.5. The van der Waals surface area contributed by atoms with E-state index in [0.29, 0.717) is 39.6 Å². The van der Waals surface area contributed by atoms with E-state index in [1.165, 1.54) is 0 Å². The van der Waals surface area contributed by atoms with Gasteiger partial charge in [-0.3, -0.25) is 9.59 Å². The number of benzene rings is 2. The molecular weight excluding hydrogens is 658 g/mol. The Morgan fingerprint density at radius 2 is 1.31 bits per heavy atom. The number of fused-ring (bicyclic) bond motifs is 3. The van der Waals surface area contributed by atoms with Crippen molar-refractivity contribution in [3.05, 3.63) is 59.7 Å². The number of carbonyl (C=O) groups is 4. The summed E-state index contributed by atoms with van der Waals surface area (Å²) in [5.41, 5.74) is 3.53. The van der Waals surface area contributed by atoms with Crippen LogP contribution in [0.4, 0.5) is 4.79 Å². The van der Waals surface area contributed by atoms with E-state index in [-0.39, 0.29) is 50.3 Å². The fraction of sp³-hybridized carbons (Fsp3) is 0.579. The van der Waals surface area contributed by atoms with Gasteiger partial charge < -0.3 is 44.4 Å². The number of nitrogens with one attached hydrogen (secondary N) is 3. The Balaban J connectivity index is 1.47. The second-order valence-electron chi connectivity index (χ2n) is 13.5. The van der Waals surface area contributed by atoms with Crippen molar-refractivity contribution in [2.75, 3.05) is 66.5 Å². The molecule has 13 heteroatoms. The average molecular weight is 714 g/mol. The van der Waals surface area contributed by atoms with Crippen LogP contribution >= 0.6 is 0 Å². The topological polar surface area (TPSA) is 160 Å². The van der Waals surface area contributed by atoms with Gasteiger partial charge in [0.05, 0.1) is 46.2 Å². The highest BCUT2D eigenvalue weighted by Gasteiger charge is 2.33. The van der Waals surface area contributed by atoms with Crippen molar-refractivity contribution in [2.24, 2.45) is 5.92 Å². The van der Waals surface area contributed by atoms with Crippen LogP contribution in [0.25, 0.3) is 11.1 Å². The van der Waals surface area contributed by atoms with Gasteiger partial charge in [-0.1, -0.05) is 62.4 Å². The van der Waals surface area contributed by atoms with E-state index in [1.54, 1.807) is 41.7 Å². The van der Waals surface area contributed by atoms with Gasteiger partial charge in [0.2, 0.25) is 11.8 Å². The Bertz CT molecular complexity index is 1360. The van der Waals surface area contributed by atoms with Crippen LogP contribution in [0.15, 0.2) is 48.5 Å². The number of carbonyl (C=O) groups excluding carboxylic acids is 4. The number of amides is 3. The smallest absolute Gasteiger partial charge is 0.407 e. The number of esters is 1. The summed E-state index contributed by atoms with van der Waals surface area (Å²) >= 11 is 0. The zero-order valence-corrected chi connectivity index (χ0v) is 30.8. The Morgan fingerprint density at radius 1 is 0.765 bits per heavy atom. The van der Waals surface area contributed by atoms with Gasteiger partial charge in [-0.05, 0) is 55.4 Å². The third kappa shape index (κ3) is 14.2. The highest BCUT2D eigenvalue weighted by atomic mass is 16.6. The molecule has 0 aliphatic heterocycles. The second kappa shape index (κ2) is 21.4. The van der Waals surface area contributed by atoms with E-state index in [4.69, 9.17) is 28.4 Å². The molecule has 51 heavy (non-hydrogen) atoms. The molecule has 2 atom stereocenters. The minimum atomic E-state index is -1.13. The first-order valence-electron chi connectivity index (χ1n) is 17.5. The molecule has 0 saturated carbocycles. The molecule has 1 aliphatic rings. The Labute approximate surface area is 301 Å². The van der Waals surface area contributed by atoms with Crippen LogP contribution in [-0.4, -0.2) is 108 Å². The summed E-state index contributed by atoms with van der Waals surface area (Å²) in [6.07, 6.45) is -0.814. The van der Waals surface area contributed by atoms with Gasteiger partial charge in [-0.25, -0.2) is 9.59 Å². The van der Waals surface area contributed by atoms with Crippen molar-refractivity contribution >= 4 is 23.9 Å². The van der Waals surface area contributed by atoms with Crippen LogP contribution in [0.2, 0.25) is 0 Å². The molecule has 13 nitrogen and oxygen atoms in total. The van der Waals surface area contributed by atoms with Crippen LogP contribution < -0.4 is 16.0 Å². The van der Waals surface area contributed by atoms with E-state index in [9.17, 15) is 19.2 Å². The van der Waals surface area contributed by atoms with Gasteiger partial charge in [0.15, 0.2) is 0 Å². The summed E-state index contributed by atoms with van der Waals surface area (Å²) < 4.78 is 32.3. The number of ether oxygens (including phenoxy) is 6. The molecule has 1 aliphatic carbocycles. The number of hydrogen-bond donors (Lipinski definition) is 3. The molecule has 0 spiro atoms. The summed E-state index contributed by atoms with van der Waals surface area (Å²) in [5.74, 6) is -2.07. The summed E-state index contributed by atoms with van der Waals surface area (Å²) in [7, 11) is 1.61. The molecule has 0 saturated heterocycles. The Hall–Kier alpha value is -4.04. The molecule has 282 valence electrons. The number of hydrogen-bond acceptors (Lipinski definition) is 10. The van der Waals surface area contributed by atoms with Crippen LogP contribution in [0.1, 0.15) is 64.5 Å². The minimum Gasteiger partial charge on any atom is -0.458 e. The molecule has 0 bridgehead atoms. The van der Waals surface area contributed by atoms with Gasteiger partial charge in [0, 0.05) is 26.0 Å². The van der Waals surface area contributed by atoms with Gasteiger partial charge >= 0.3 is 12.1 Å². The first kappa shape index (κ1) is 41.4. The number of alkyl carbamates (subject to hydrolysis) is 1. The predicted octanol–water partition coefficient (Wildman–Crippen LogP) is 3.97. The van der Waals surface area contributed by atoms with Crippen LogP contribution in [0.3, 0.4) is 0 Å². The lowest BCUT2D eigenvalue weighted by atomic mass is 9.98. The normalized spacial score (nSPS) is 13.5. The maximum absolute atomic E-state index is 13.5. The van der Waals surface area contributed by atoms with E-state index in [2.05, 4.69) is 28.1 Å². The molecule has 2 aromatic rings. The van der Waals surface area contributed by atoms with Crippen LogP contribution in [-0.2, 0) is 42.8 Å². The molecule has 3 amide bonds. The standard InChI is InChI=1S/C38H55N3O10/c1-26(2)34(41-37(45)50-25-31-29-13-9-7-11-27(29)28-12-8-10-14-30(28)31)35(43)40-32(36(44)51-38(3,4)5)15-16-33(42)39-17-18-47-21-22-49-24-23-48-20-19-46-6/h7-14,26,31-32,34H,15-25H2,1-6H3,(H,39,42)(H,40,43)(H,41,45)/t32-,34-/m0/s1. The fourth-order valence-corrected chi connectivity index (χ4v) is 5.50. The quantitative estimate of drug-likeness (QED) is 0.120. The average Bonchev–Trinajstić information content (AvgIpc) is 3.41. The van der Waals surface area contributed by atoms with Gasteiger partial charge in [0.25, 0.3) is 0 Å². The first-order chi connectivity index (χ1) is 24.4. The molecule has 0 fully saturated rings. The zero-order valence-electron chi connectivity index (χ0n) is 30.8. The Kier molecular flexibility index (Phi) is 17.3. The molecule has 0 aromatic heterocycles. The third-order valence-electron chi connectivity index (χ3n) is 7.98. The molecule has 3 N–H and O–H groups in total. The van der Waals surface area contributed by atoms with Crippen molar-refractivity contribution in [3.8, 4) is 11.1 Å². The van der Waals surface area contributed by atoms with Crippen molar-refractivity contribution in [3.63, 3.8) is 0 Å².